The van der Waals surface area contributed by atoms with Crippen molar-refractivity contribution in [2.24, 2.45) is 0 Å². The zero-order valence-electron chi connectivity index (χ0n) is 62.2. The Balaban J connectivity index is 0.000000168. The molecule has 0 N–H and O–H groups in total. The molecule has 0 aromatic heterocycles. The van der Waals surface area contributed by atoms with Crippen LogP contribution in [0, 0.1) is 25.7 Å². The van der Waals surface area contributed by atoms with Crippen molar-refractivity contribution in [3.05, 3.63) is 511 Å². The summed E-state index contributed by atoms with van der Waals surface area (Å²) in [5, 5.41) is 26.1. The second kappa shape index (κ2) is 50.7. The molecule has 12 aromatic rings. The minimum Gasteiger partial charge on any atom is -0.694 e. The third-order valence-corrected chi connectivity index (χ3v) is 34.8. The second-order valence-corrected chi connectivity index (χ2v) is 40.6. The van der Waals surface area contributed by atoms with Crippen molar-refractivity contribution < 1.29 is 85.3 Å². The van der Waals surface area contributed by atoms with E-state index in [0.29, 0.717) is 0 Å². The summed E-state index contributed by atoms with van der Waals surface area (Å²) in [7, 11) is -5.01. The first-order valence-electron chi connectivity index (χ1n) is 36.9. The first-order valence-corrected chi connectivity index (χ1v) is 45.9. The van der Waals surface area contributed by atoms with Gasteiger partial charge in [0.2, 0.25) is 0 Å². The molecule has 6 aliphatic carbocycles. The Morgan fingerprint density at radius 1 is 0.142 bits per heavy atom. The molecule has 0 saturated heterocycles. The van der Waals surface area contributed by atoms with Crippen LogP contribution in [-0.4, -0.2) is 31.8 Å². The summed E-state index contributed by atoms with van der Waals surface area (Å²) in [6.45, 7) is 0. The van der Waals surface area contributed by atoms with E-state index in [0.717, 1.165) is 0 Å². The number of hydrogen-bond acceptors (Lipinski definition) is 0. The Morgan fingerprint density at radius 3 is 0.363 bits per heavy atom. The smallest absolute Gasteiger partial charge is 0.694 e. The van der Waals surface area contributed by atoms with Gasteiger partial charge in [-0.3, -0.25) is 0 Å². The fraction of sp³-hybridized carbons (Fsp3) is 0. The van der Waals surface area contributed by atoms with Crippen LogP contribution in [0.1, 0.15) is 0 Å². The third-order valence-electron chi connectivity index (χ3n) is 18.5. The average Bonchev–Trinajstić information content (AvgIpc) is 1.40. The number of allylic oxidation sites excluding steroid dienone is 20. The summed E-state index contributed by atoms with van der Waals surface area (Å²) < 4.78 is 0. The third kappa shape index (κ3) is 26.7. The fourth-order valence-electron chi connectivity index (χ4n) is 13.5. The van der Waals surface area contributed by atoms with Gasteiger partial charge >= 0.3 is 34.1 Å². The molecule has 0 radical (unpaired) electrons. The van der Waals surface area contributed by atoms with Crippen LogP contribution >= 0.6 is 45.3 Å². The molecule has 0 atom stereocenters. The number of hydrogen-bond donors (Lipinski definition) is 0. The molecule has 113 heavy (non-hydrogen) atoms. The maximum absolute atomic E-state index is 2.24. The summed E-state index contributed by atoms with van der Waals surface area (Å²) in [4.78, 5) is 0. The summed E-state index contributed by atoms with van der Waals surface area (Å²) in [6.07, 6.45) is 52.5. The summed E-state index contributed by atoms with van der Waals surface area (Å²) in [6, 6.07) is 130. The molecule has 0 bridgehead atoms. The topological polar surface area (TPSA) is 0 Å². The van der Waals surface area contributed by atoms with Crippen LogP contribution in [0.25, 0.3) is 0 Å². The van der Waals surface area contributed by atoms with Crippen LogP contribution in [-0.2, 0) is 85.3 Å². The maximum Gasteiger partial charge on any atom is 1.00 e. The van der Waals surface area contributed by atoms with Gasteiger partial charge in [-0.25, -0.2) is 0 Å². The molecule has 11 heteroatoms. The quantitative estimate of drug-likeness (QED) is 0.0650. The van der Waals surface area contributed by atoms with Gasteiger partial charge in [0.05, 0.1) is 0 Å². The average molecular weight is 1800 g/mol. The molecule has 0 nitrogen and oxygen atoms in total. The van der Waals surface area contributed by atoms with Crippen molar-refractivity contribution in [3.63, 3.8) is 0 Å². The summed E-state index contributed by atoms with van der Waals surface area (Å²) >= 11 is 0. The summed E-state index contributed by atoms with van der Waals surface area (Å²) in [5.74, 6) is 0. The van der Waals surface area contributed by atoms with E-state index >= 15 is 0 Å². The fourth-order valence-corrected chi connectivity index (χ4v) is 29.0. The Bertz CT molecular complexity index is 4450. The first kappa shape index (κ1) is 91.0. The largest absolute Gasteiger partial charge is 1.00 e. The zero-order valence-corrected chi connectivity index (χ0v) is 73.4. The van der Waals surface area contributed by atoms with Crippen LogP contribution in [0.3, 0.4) is 0 Å². The van der Waals surface area contributed by atoms with Gasteiger partial charge in [0.1, 0.15) is 0 Å². The molecular formula is C102H90Cu2Fe3P6-2. The predicted octanol–water partition coefficient (Wildman–Crippen LogP) is 18.6. The van der Waals surface area contributed by atoms with Gasteiger partial charge in [-0.2, -0.15) is 0 Å². The SMILES string of the molecule is C1=CC(=[PH](c2ccccc2)c2ccccc2)C=C1.C1=CC(=[PH](c2ccccc2)c2ccccc2)C=C1.C1=CC(=[PH](c2ccccc2)c2ccccc2)C=C1.C1=CC(=[PH](c2ccccc2)c2ccccc2)C=C1.C1=CC(=[PH](c2ccccc2)c2ccccc2)C=C1.[Cu+].[Cu+].[Fe].[Fe].[Fe].c1ccc([PH](=C2[CH-][CH-][CH-][CH-]2)c2ccccc2)cc1. The van der Waals surface area contributed by atoms with E-state index < -0.39 is 45.3 Å². The molecule has 6 aliphatic rings. The van der Waals surface area contributed by atoms with E-state index in [4.69, 9.17) is 0 Å². The monoisotopic (exact) mass is 1790 g/mol. The molecule has 1 fully saturated rings. The molecule has 576 valence electrons. The van der Waals surface area contributed by atoms with E-state index in [2.05, 4.69) is 511 Å². The van der Waals surface area contributed by atoms with Crippen LogP contribution in [0.15, 0.2) is 486 Å². The second-order valence-electron chi connectivity index (χ2n) is 25.7. The zero-order chi connectivity index (χ0) is 73.3. The van der Waals surface area contributed by atoms with E-state index in [1.54, 1.807) is 0 Å². The molecule has 0 spiro atoms. The maximum atomic E-state index is 2.24. The predicted molar refractivity (Wildman–Crippen MR) is 501 cm³/mol. The van der Waals surface area contributed by atoms with Crippen molar-refractivity contribution in [2.45, 2.75) is 0 Å². The molecule has 0 amide bonds. The molecule has 0 heterocycles. The van der Waals surface area contributed by atoms with Crippen molar-refractivity contribution in [2.75, 3.05) is 0 Å². The van der Waals surface area contributed by atoms with Crippen molar-refractivity contribution in [1.82, 2.24) is 0 Å². The van der Waals surface area contributed by atoms with E-state index in [9.17, 15) is 0 Å². The van der Waals surface area contributed by atoms with Gasteiger partial charge in [0, 0.05) is 51.2 Å². The van der Waals surface area contributed by atoms with E-state index in [-0.39, 0.29) is 85.3 Å². The first-order chi connectivity index (χ1) is 53.7. The minimum atomic E-state index is -0.834. The molecular weight excluding hydrogens is 1710 g/mol. The Morgan fingerprint density at radius 2 is 0.248 bits per heavy atom. The standard InChI is InChI=1S/6C17H15P.2Cu.3Fe/c6*1-3-9-15(10-4-1)18(17-13-7-8-14-17)16-11-5-2-6-12-16;;;;;/h6*1-14,18H;;;;;/q;;;;;-4;2*+1;;;. The summed E-state index contributed by atoms with van der Waals surface area (Å²) in [5.41, 5.74) is 0. The normalized spacial score (nSPS) is 13.2. The Hall–Kier alpha value is -7.56. The van der Waals surface area contributed by atoms with E-state index in [1.807, 2.05) is 0 Å². The van der Waals surface area contributed by atoms with Gasteiger partial charge in [-0.15, -0.1) is 7.55 Å². The van der Waals surface area contributed by atoms with Gasteiger partial charge < -0.3 is 31.0 Å². The minimum absolute atomic E-state index is 0. The van der Waals surface area contributed by atoms with Crippen LogP contribution in [0.5, 0.6) is 0 Å². The van der Waals surface area contributed by atoms with Gasteiger partial charge in [-0.05, 0) is 90.1 Å². The van der Waals surface area contributed by atoms with Crippen molar-refractivity contribution >= 4 is 141 Å². The van der Waals surface area contributed by atoms with Gasteiger partial charge in [-0.1, -0.05) is 523 Å². The van der Waals surface area contributed by atoms with Crippen molar-refractivity contribution in [3.8, 4) is 0 Å². The number of benzene rings is 12. The molecule has 0 unspecified atom stereocenters. The van der Waals surface area contributed by atoms with Crippen molar-refractivity contribution in [1.29, 1.82) is 0 Å². The molecule has 18 rings (SSSR count). The van der Waals surface area contributed by atoms with Crippen LogP contribution in [0.2, 0.25) is 0 Å². The Kier molecular flexibility index (Phi) is 40.8. The molecule has 12 aromatic carbocycles. The molecule has 0 aliphatic heterocycles. The Labute approximate surface area is 730 Å². The van der Waals surface area contributed by atoms with Crippen LogP contribution in [0.4, 0.5) is 0 Å². The molecule has 1 saturated carbocycles. The van der Waals surface area contributed by atoms with E-state index in [1.165, 1.54) is 95.4 Å². The van der Waals surface area contributed by atoms with Crippen LogP contribution < -0.4 is 63.7 Å². The van der Waals surface area contributed by atoms with Gasteiger partial charge in [0.25, 0.3) is 0 Å². The number of rotatable bonds is 12. The van der Waals surface area contributed by atoms with Gasteiger partial charge in [0.15, 0.2) is 0 Å².